The molecule has 0 bridgehead atoms. The highest BCUT2D eigenvalue weighted by atomic mass is 19.4. The van der Waals surface area contributed by atoms with Gasteiger partial charge in [0.1, 0.15) is 36.4 Å². The van der Waals surface area contributed by atoms with Crippen LogP contribution in [0.25, 0.3) is 0 Å². The number of pyridine rings is 1. The number of aryl methyl sites for hydroxylation is 1. The molecule has 0 radical (unpaired) electrons. The fraction of sp³-hybridized carbons (Fsp3) is 0.579. The minimum Gasteiger partial charge on any atom is -0.508 e. The lowest BCUT2D eigenvalue weighted by Crippen LogP contribution is -2.56. The van der Waals surface area contributed by atoms with Crippen LogP contribution in [-0.4, -0.2) is 91.3 Å². The predicted octanol–water partition coefficient (Wildman–Crippen LogP) is 3.95. The quantitative estimate of drug-likeness (QED) is 0.215. The predicted molar refractivity (Wildman–Crippen MR) is 180 cm³/mol. The molecule has 3 saturated carbocycles. The lowest BCUT2D eigenvalue weighted by Gasteiger charge is -2.56. The largest absolute Gasteiger partial charge is 0.508 e. The smallest absolute Gasteiger partial charge is 0.433 e. The normalized spacial score (nSPS) is 35.6. The van der Waals surface area contributed by atoms with E-state index in [0.717, 1.165) is 50.7 Å². The molecule has 284 valence electrons. The first-order chi connectivity index (χ1) is 25.2. The van der Waals surface area contributed by atoms with Crippen LogP contribution in [0.2, 0.25) is 0 Å². The van der Waals surface area contributed by atoms with Crippen LogP contribution in [0, 0.1) is 22.7 Å². The van der Waals surface area contributed by atoms with Gasteiger partial charge in [-0.25, -0.2) is 4.98 Å². The topological polar surface area (TPSA) is 176 Å². The molecule has 2 aromatic heterocycles. The number of benzene rings is 1. The molecule has 1 saturated heterocycles. The highest BCUT2D eigenvalue weighted by molar-refractivity contribution is 5.92. The van der Waals surface area contributed by atoms with Crippen molar-refractivity contribution in [2.45, 2.75) is 94.0 Å². The number of phenols is 1. The van der Waals surface area contributed by atoms with Gasteiger partial charge in [-0.15, -0.1) is 10.2 Å². The summed E-state index contributed by atoms with van der Waals surface area (Å²) in [6, 6.07) is 11.8. The number of amides is 1. The number of phenolic OH excluding ortho intramolecular Hbond substituents is 1. The third-order valence-corrected chi connectivity index (χ3v) is 13.1. The van der Waals surface area contributed by atoms with Gasteiger partial charge in [0.2, 0.25) is 11.8 Å². The van der Waals surface area contributed by atoms with E-state index in [1.807, 2.05) is 6.07 Å². The Hall–Kier alpha value is -4.05. The maximum Gasteiger partial charge on any atom is 0.433 e. The molecule has 1 aliphatic heterocycles. The van der Waals surface area contributed by atoms with E-state index >= 15 is 0 Å². The minimum atomic E-state index is -4.67. The molecule has 8 rings (SSSR count). The van der Waals surface area contributed by atoms with Gasteiger partial charge in [-0.1, -0.05) is 19.1 Å². The molecule has 1 aromatic carbocycles. The van der Waals surface area contributed by atoms with Crippen molar-refractivity contribution < 1.29 is 52.6 Å². The molecule has 53 heavy (non-hydrogen) atoms. The molecule has 15 heteroatoms. The Bertz CT molecular complexity index is 1870. The van der Waals surface area contributed by atoms with Crippen molar-refractivity contribution in [1.82, 2.24) is 20.5 Å². The Morgan fingerprint density at radius 1 is 1.06 bits per heavy atom. The Labute approximate surface area is 303 Å². The third-order valence-electron chi connectivity index (χ3n) is 13.1. The van der Waals surface area contributed by atoms with E-state index in [2.05, 4.69) is 33.5 Å². The first-order valence-electron chi connectivity index (χ1n) is 18.2. The average molecular weight is 741 g/mol. The van der Waals surface area contributed by atoms with Crippen LogP contribution in [0.1, 0.15) is 78.7 Å². The Morgan fingerprint density at radius 2 is 1.89 bits per heavy atom. The van der Waals surface area contributed by atoms with E-state index in [1.165, 1.54) is 29.3 Å². The van der Waals surface area contributed by atoms with Gasteiger partial charge in [0.25, 0.3) is 5.91 Å². The van der Waals surface area contributed by atoms with Crippen LogP contribution in [0.4, 0.5) is 13.2 Å². The zero-order valence-corrected chi connectivity index (χ0v) is 29.1. The van der Waals surface area contributed by atoms with Crippen LogP contribution in [0.3, 0.4) is 0 Å². The van der Waals surface area contributed by atoms with Gasteiger partial charge in [-0.3, -0.25) is 4.79 Å². The van der Waals surface area contributed by atoms with Gasteiger partial charge in [0.05, 0.1) is 12.2 Å². The highest BCUT2D eigenvalue weighted by Crippen LogP contribution is 2.84. The van der Waals surface area contributed by atoms with Crippen molar-refractivity contribution in [2.24, 2.45) is 22.7 Å². The first-order valence-corrected chi connectivity index (χ1v) is 18.2. The molecule has 3 heterocycles. The summed E-state index contributed by atoms with van der Waals surface area (Å²) in [5, 5.41) is 54.2. The van der Waals surface area contributed by atoms with Gasteiger partial charge in [0.15, 0.2) is 11.8 Å². The molecule has 10 atom stereocenters. The summed E-state index contributed by atoms with van der Waals surface area (Å²) >= 11 is 0. The number of aromatic hydroxyl groups is 1. The van der Waals surface area contributed by atoms with Crippen LogP contribution in [0.15, 0.2) is 48.5 Å². The summed E-state index contributed by atoms with van der Waals surface area (Å²) in [6.07, 6.45) is -3.67. The molecule has 4 aliphatic carbocycles. The fourth-order valence-corrected chi connectivity index (χ4v) is 10.4. The Balaban J connectivity index is 0.816. The number of alkyl halides is 3. The lowest BCUT2D eigenvalue weighted by atomic mass is 9.49. The minimum absolute atomic E-state index is 0.0360. The first kappa shape index (κ1) is 36.0. The van der Waals surface area contributed by atoms with E-state index in [9.17, 15) is 38.4 Å². The number of hydrogen-bond acceptors (Lipinski definition) is 11. The van der Waals surface area contributed by atoms with E-state index in [0.29, 0.717) is 29.9 Å². The van der Waals surface area contributed by atoms with Crippen molar-refractivity contribution in [1.29, 1.82) is 0 Å². The van der Waals surface area contributed by atoms with Crippen molar-refractivity contribution >= 4 is 5.91 Å². The number of carbonyl (C=O) groups is 1. The number of nitrogens with one attached hydrogen (secondary N) is 1. The van der Waals surface area contributed by atoms with Gasteiger partial charge in [-0.05, 0) is 104 Å². The van der Waals surface area contributed by atoms with Gasteiger partial charge in [-0.2, -0.15) is 13.2 Å². The van der Waals surface area contributed by atoms with E-state index in [4.69, 9.17) is 14.2 Å². The molecular formula is C38H43F3N4O8. The fourth-order valence-electron chi connectivity index (χ4n) is 10.4. The molecule has 12 nitrogen and oxygen atoms in total. The molecule has 2 unspecified atom stereocenters. The summed E-state index contributed by atoms with van der Waals surface area (Å²) in [5.74, 6) is 0.952. The maximum absolute atomic E-state index is 13.0. The summed E-state index contributed by atoms with van der Waals surface area (Å²) in [7, 11) is 0. The Morgan fingerprint density at radius 3 is 2.66 bits per heavy atom. The molecule has 5 aliphatic rings. The number of hydrogen-bond donors (Lipinski definition) is 5. The number of aliphatic hydroxyl groups excluding tert-OH is 2. The molecule has 5 N–H and O–H groups in total. The maximum atomic E-state index is 13.0. The van der Waals surface area contributed by atoms with Gasteiger partial charge >= 0.3 is 6.18 Å². The number of nitrogens with zero attached hydrogens (tertiary/aromatic N) is 3. The van der Waals surface area contributed by atoms with Crippen molar-refractivity contribution in [3.8, 4) is 17.5 Å². The number of ether oxygens (including phenoxy) is 3. The van der Waals surface area contributed by atoms with Crippen molar-refractivity contribution in [2.75, 3.05) is 19.8 Å². The summed E-state index contributed by atoms with van der Waals surface area (Å²) in [5.41, 5.74) is 0.464. The van der Waals surface area contributed by atoms with Crippen LogP contribution < -0.4 is 14.8 Å². The molecular weight excluding hydrogens is 697 g/mol. The molecule has 1 amide bonds. The molecule has 3 aromatic rings. The third kappa shape index (κ3) is 6.09. The lowest BCUT2D eigenvalue weighted by molar-refractivity contribution is -0.187. The summed E-state index contributed by atoms with van der Waals surface area (Å²) in [6.45, 7) is 2.03. The number of halogens is 3. The zero-order valence-electron chi connectivity index (χ0n) is 29.1. The number of aliphatic hydroxyl groups is 3. The Kier molecular flexibility index (Phi) is 8.86. The second-order valence-electron chi connectivity index (χ2n) is 15.6. The molecule has 1 spiro atoms. The second-order valence-corrected chi connectivity index (χ2v) is 15.6. The molecule has 4 fully saturated rings. The van der Waals surface area contributed by atoms with Crippen LogP contribution in [0.5, 0.6) is 17.5 Å². The van der Waals surface area contributed by atoms with Gasteiger partial charge < -0.3 is 40.0 Å². The SMILES string of the molecule is C[C@]12CC[C@@H]3c4ccc(O)cc4CC[C@H]3C13CC3C[C@@]2(O)CCNC(=O)c1ccc(OC[C@H]2OC[C@H](Oc3cccc(C(F)(F)F)n3)[C@@H](O)[C@H]2O)nn1. The van der Waals surface area contributed by atoms with E-state index in [1.54, 1.807) is 6.07 Å². The van der Waals surface area contributed by atoms with Crippen LogP contribution in [-0.2, 0) is 17.3 Å². The van der Waals surface area contributed by atoms with E-state index in [-0.39, 0.29) is 48.0 Å². The number of aromatic nitrogens is 3. The number of carbonyl (C=O) groups excluding carboxylic acids is 1. The number of rotatable bonds is 9. The second kappa shape index (κ2) is 13.1. The zero-order chi connectivity index (χ0) is 37.3. The van der Waals surface area contributed by atoms with Crippen LogP contribution >= 0.6 is 0 Å². The van der Waals surface area contributed by atoms with Gasteiger partial charge in [0, 0.05) is 24.1 Å². The average Bonchev–Trinajstić information content (AvgIpc) is 3.80. The highest BCUT2D eigenvalue weighted by Gasteiger charge is 2.80. The summed E-state index contributed by atoms with van der Waals surface area (Å²) < 4.78 is 55.5. The van der Waals surface area contributed by atoms with Crippen molar-refractivity contribution in [3.05, 3.63) is 71.0 Å². The standard InChI is InChI=1S/C38H43F3N4O8/c1-35-12-11-24-23-7-6-22(46)15-20(23)5-8-25(24)37(35)17-21(37)16-36(35,50)13-14-42-34(49)26-9-10-31(45-44-26)52-18-27-32(47)33(48)28(19-51-27)53-30-4-2-3-29(43-30)38(39,40)41/h2-4,6-7,9-10,15,21,24-25,27-28,32-33,46-48,50H,5,8,11-14,16-19H2,1H3,(H,42,49)/t21?,24-,25-,27-,28+,32+,33-,35-,36+,37?/m1/s1. The van der Waals surface area contributed by atoms with Crippen molar-refractivity contribution in [3.63, 3.8) is 0 Å². The van der Waals surface area contributed by atoms with E-state index < -0.39 is 47.8 Å². The monoisotopic (exact) mass is 740 g/mol. The number of fused-ring (bicyclic) bond motifs is 3. The summed E-state index contributed by atoms with van der Waals surface area (Å²) in [4.78, 5) is 16.4.